The zero-order valence-corrected chi connectivity index (χ0v) is 16.8. The minimum Gasteiger partial charge on any atom is -0.497 e. The molecule has 4 rings (SSSR count). The second kappa shape index (κ2) is 7.95. The summed E-state index contributed by atoms with van der Waals surface area (Å²) in [5.41, 5.74) is 3.52. The maximum absolute atomic E-state index is 11.4. The van der Waals surface area contributed by atoms with Crippen molar-refractivity contribution in [1.82, 2.24) is 14.5 Å². The highest BCUT2D eigenvalue weighted by Crippen LogP contribution is 2.26. The van der Waals surface area contributed by atoms with E-state index < -0.39 is 10.0 Å². The topological polar surface area (TPSA) is 100 Å². The molecule has 0 aliphatic carbocycles. The van der Waals surface area contributed by atoms with E-state index in [9.17, 15) is 8.42 Å². The summed E-state index contributed by atoms with van der Waals surface area (Å²) in [4.78, 5) is 8.95. The number of rotatable bonds is 4. The number of sulfonamides is 1. The Balaban J connectivity index is 0.00000109. The third-order valence-electron chi connectivity index (χ3n) is 4.26. The molecule has 2 N–H and O–H groups in total. The summed E-state index contributed by atoms with van der Waals surface area (Å²) >= 11 is 0. The summed E-state index contributed by atoms with van der Waals surface area (Å²) < 4.78 is 30.0. The first kappa shape index (κ1) is 19.8. The second-order valence-corrected chi connectivity index (χ2v) is 7.50. The lowest BCUT2D eigenvalue weighted by Gasteiger charge is -2.08. The van der Waals surface area contributed by atoms with Crippen molar-refractivity contribution >= 4 is 32.0 Å². The summed E-state index contributed by atoms with van der Waals surface area (Å²) in [5.74, 6) is 0.744. The Morgan fingerprint density at radius 2 is 1.75 bits per heavy atom. The van der Waals surface area contributed by atoms with E-state index in [0.717, 1.165) is 33.2 Å². The van der Waals surface area contributed by atoms with Gasteiger partial charge in [-0.05, 0) is 29.8 Å². The number of hydrogen-bond acceptors (Lipinski definition) is 5. The first-order valence-corrected chi connectivity index (χ1v) is 10.4. The number of hydrogen-bond donors (Lipinski definition) is 1. The molecule has 0 spiro atoms. The molecular formula is C20H22N4O3S. The molecule has 0 aliphatic heterocycles. The molecule has 28 heavy (non-hydrogen) atoms. The molecule has 4 aromatic rings. The van der Waals surface area contributed by atoms with Gasteiger partial charge in [0.05, 0.1) is 35.6 Å². The highest BCUT2D eigenvalue weighted by atomic mass is 32.2. The smallest absolute Gasteiger partial charge is 0.238 e. The second-order valence-electron chi connectivity index (χ2n) is 5.94. The number of primary sulfonamides is 1. The molecule has 0 atom stereocenters. The van der Waals surface area contributed by atoms with E-state index in [0.29, 0.717) is 6.54 Å². The molecule has 0 aliphatic rings. The van der Waals surface area contributed by atoms with Crippen molar-refractivity contribution in [3.8, 4) is 5.75 Å². The van der Waals surface area contributed by atoms with E-state index in [1.54, 1.807) is 31.8 Å². The number of nitrogens with zero attached hydrogens (tertiary/aromatic N) is 3. The lowest BCUT2D eigenvalue weighted by molar-refractivity contribution is 0.415. The number of ether oxygens (including phenoxy) is 1. The number of benzene rings is 2. The lowest BCUT2D eigenvalue weighted by atomic mass is 10.1. The molecule has 0 bridgehead atoms. The fraction of sp³-hybridized carbons (Fsp3) is 0.200. The Bertz CT molecular complexity index is 1220. The van der Waals surface area contributed by atoms with Crippen molar-refractivity contribution in [2.24, 2.45) is 5.14 Å². The minimum absolute atomic E-state index is 0.0958. The van der Waals surface area contributed by atoms with Gasteiger partial charge in [-0.3, -0.25) is 4.98 Å². The van der Waals surface area contributed by atoms with Gasteiger partial charge in [0, 0.05) is 18.0 Å². The highest BCUT2D eigenvalue weighted by Gasteiger charge is 2.11. The average Bonchev–Trinajstić information content (AvgIpc) is 3.12. The Morgan fingerprint density at radius 1 is 1.04 bits per heavy atom. The predicted molar refractivity (Wildman–Crippen MR) is 110 cm³/mol. The van der Waals surface area contributed by atoms with Crippen LogP contribution in [0.25, 0.3) is 21.9 Å². The molecule has 0 radical (unpaired) electrons. The normalized spacial score (nSPS) is 11.3. The van der Waals surface area contributed by atoms with Crippen LogP contribution in [0.5, 0.6) is 5.75 Å². The summed E-state index contributed by atoms with van der Waals surface area (Å²) in [6.07, 6.45) is 3.49. The Labute approximate surface area is 163 Å². The standard InChI is InChI=1S/C18H16N4O3S.C2H6/c1-25-13-4-7-15-16(8-13)20-9-17-18(15)22(11-21-17)10-12-2-5-14(6-3-12)26(19,23)24;1-2/h2-9,11H,10H2,1H3,(H2,19,23,24);1-2H3. The molecule has 0 unspecified atom stereocenters. The van der Waals surface area contributed by atoms with E-state index >= 15 is 0 Å². The van der Waals surface area contributed by atoms with E-state index in [1.807, 2.05) is 36.6 Å². The SMILES string of the molecule is CC.COc1ccc2c(c1)ncc1ncn(Cc3ccc(S(N)(=O)=O)cc3)c12. The van der Waals surface area contributed by atoms with Crippen LogP contribution >= 0.6 is 0 Å². The number of nitrogens with two attached hydrogens (primary N) is 1. The Hall–Kier alpha value is -2.97. The molecule has 0 saturated heterocycles. The first-order chi connectivity index (χ1) is 13.5. The molecular weight excluding hydrogens is 376 g/mol. The summed E-state index contributed by atoms with van der Waals surface area (Å²) in [5, 5.41) is 6.12. The van der Waals surface area contributed by atoms with Crippen LogP contribution in [0.15, 0.2) is 59.9 Å². The number of methoxy groups -OCH3 is 1. The quantitative estimate of drug-likeness (QED) is 0.568. The highest BCUT2D eigenvalue weighted by molar-refractivity contribution is 7.89. The molecule has 0 saturated carbocycles. The van der Waals surface area contributed by atoms with Crippen molar-refractivity contribution in [2.45, 2.75) is 25.3 Å². The van der Waals surface area contributed by atoms with Gasteiger partial charge in [-0.2, -0.15) is 0 Å². The van der Waals surface area contributed by atoms with Gasteiger partial charge in [-0.15, -0.1) is 0 Å². The van der Waals surface area contributed by atoms with Crippen LogP contribution in [0.4, 0.5) is 0 Å². The van der Waals surface area contributed by atoms with Gasteiger partial charge >= 0.3 is 0 Å². The molecule has 2 aromatic heterocycles. The molecule has 8 heteroatoms. The van der Waals surface area contributed by atoms with Gasteiger partial charge in [0.25, 0.3) is 0 Å². The third kappa shape index (κ3) is 3.83. The maximum Gasteiger partial charge on any atom is 0.238 e. The largest absolute Gasteiger partial charge is 0.497 e. The van der Waals surface area contributed by atoms with Gasteiger partial charge in [-0.25, -0.2) is 18.5 Å². The lowest BCUT2D eigenvalue weighted by Crippen LogP contribution is -2.12. The van der Waals surface area contributed by atoms with Crippen LogP contribution in [0.1, 0.15) is 19.4 Å². The van der Waals surface area contributed by atoms with Crippen LogP contribution in [0, 0.1) is 0 Å². The predicted octanol–water partition coefficient (Wildman–Crippen LogP) is 3.32. The van der Waals surface area contributed by atoms with Gasteiger partial charge in [0.2, 0.25) is 10.0 Å². The van der Waals surface area contributed by atoms with Crippen molar-refractivity contribution in [1.29, 1.82) is 0 Å². The number of aromatic nitrogens is 3. The average molecular weight is 398 g/mol. The zero-order valence-electron chi connectivity index (χ0n) is 16.0. The number of pyridine rings is 1. The molecule has 0 amide bonds. The van der Waals surface area contributed by atoms with Crippen molar-refractivity contribution in [2.75, 3.05) is 7.11 Å². The third-order valence-corrected chi connectivity index (χ3v) is 5.19. The van der Waals surface area contributed by atoms with Gasteiger partial charge in [-0.1, -0.05) is 26.0 Å². The maximum atomic E-state index is 11.4. The van der Waals surface area contributed by atoms with Crippen LogP contribution in [0.2, 0.25) is 0 Å². The fourth-order valence-corrected chi connectivity index (χ4v) is 3.48. The van der Waals surface area contributed by atoms with Crippen LogP contribution in [-0.2, 0) is 16.6 Å². The van der Waals surface area contributed by atoms with E-state index in [2.05, 4.69) is 9.97 Å². The van der Waals surface area contributed by atoms with Crippen LogP contribution in [0.3, 0.4) is 0 Å². The number of fused-ring (bicyclic) bond motifs is 3. The molecule has 2 aromatic carbocycles. The molecule has 0 fully saturated rings. The fourth-order valence-electron chi connectivity index (χ4n) is 2.96. The summed E-state index contributed by atoms with van der Waals surface area (Å²) in [6, 6.07) is 12.2. The first-order valence-electron chi connectivity index (χ1n) is 8.85. The van der Waals surface area contributed by atoms with Gasteiger partial charge in [0.15, 0.2) is 0 Å². The Kier molecular flexibility index (Phi) is 5.62. The zero-order chi connectivity index (χ0) is 20.3. The van der Waals surface area contributed by atoms with Crippen LogP contribution < -0.4 is 9.88 Å². The van der Waals surface area contributed by atoms with Crippen molar-refractivity contribution < 1.29 is 13.2 Å². The monoisotopic (exact) mass is 398 g/mol. The summed E-state index contributed by atoms with van der Waals surface area (Å²) in [7, 11) is -2.07. The van der Waals surface area contributed by atoms with E-state index in [4.69, 9.17) is 9.88 Å². The van der Waals surface area contributed by atoms with Crippen molar-refractivity contribution in [3.63, 3.8) is 0 Å². The minimum atomic E-state index is -3.69. The van der Waals surface area contributed by atoms with E-state index in [1.165, 1.54) is 12.1 Å². The Morgan fingerprint density at radius 3 is 2.39 bits per heavy atom. The number of imidazole rings is 1. The van der Waals surface area contributed by atoms with Crippen LogP contribution in [-0.4, -0.2) is 30.1 Å². The van der Waals surface area contributed by atoms with Gasteiger partial charge < -0.3 is 9.30 Å². The molecule has 2 heterocycles. The van der Waals surface area contributed by atoms with Crippen molar-refractivity contribution in [3.05, 3.63) is 60.6 Å². The van der Waals surface area contributed by atoms with E-state index in [-0.39, 0.29) is 4.90 Å². The molecule has 7 nitrogen and oxygen atoms in total. The van der Waals surface area contributed by atoms with Gasteiger partial charge in [0.1, 0.15) is 11.3 Å². The summed E-state index contributed by atoms with van der Waals surface area (Å²) in [6.45, 7) is 4.55. The molecule has 146 valence electrons.